The molecule has 1 saturated heterocycles. The molecule has 0 spiro atoms. The normalized spacial score (nSPS) is 41.8. The van der Waals surface area contributed by atoms with E-state index >= 15 is 0 Å². The first kappa shape index (κ1) is 13.2. The molecule has 1 fully saturated rings. The van der Waals surface area contributed by atoms with Crippen molar-refractivity contribution in [3.63, 3.8) is 0 Å². The van der Waals surface area contributed by atoms with Crippen molar-refractivity contribution in [1.29, 1.82) is 0 Å². The maximum absolute atomic E-state index is 9.48. The fourth-order valence-electron chi connectivity index (χ4n) is 1.37. The number of ether oxygens (including phenoxy) is 2. The number of rotatable bonds is 4. The summed E-state index contributed by atoms with van der Waals surface area (Å²) >= 11 is 3.91. The van der Waals surface area contributed by atoms with Crippen LogP contribution in [0.5, 0.6) is 0 Å². The van der Waals surface area contributed by atoms with E-state index in [9.17, 15) is 15.3 Å². The van der Waals surface area contributed by atoms with Crippen molar-refractivity contribution in [3.8, 4) is 0 Å². The Morgan fingerprint density at radius 2 is 1.80 bits per heavy atom. The predicted octanol–water partition coefficient (Wildman–Crippen LogP) is -2.27. The van der Waals surface area contributed by atoms with Crippen LogP contribution in [0.4, 0.5) is 0 Å². The van der Waals surface area contributed by atoms with Crippen molar-refractivity contribution in [2.45, 2.75) is 30.7 Å². The van der Waals surface area contributed by atoms with Gasteiger partial charge in [0.1, 0.15) is 24.4 Å². The number of aliphatic hydroxyl groups excluding tert-OH is 4. The van der Waals surface area contributed by atoms with Crippen LogP contribution in [0.25, 0.3) is 0 Å². The van der Waals surface area contributed by atoms with Gasteiger partial charge < -0.3 is 29.9 Å². The van der Waals surface area contributed by atoms with E-state index in [-0.39, 0.29) is 6.61 Å². The lowest BCUT2D eigenvalue weighted by atomic mass is 9.99. The van der Waals surface area contributed by atoms with E-state index in [0.29, 0.717) is 5.75 Å². The minimum absolute atomic E-state index is 0.242. The van der Waals surface area contributed by atoms with E-state index in [2.05, 4.69) is 12.6 Å². The number of aliphatic hydroxyl groups is 4. The molecule has 0 saturated carbocycles. The summed E-state index contributed by atoms with van der Waals surface area (Å²) in [6.45, 7) is -0.211. The zero-order chi connectivity index (χ0) is 11.4. The molecule has 0 aromatic carbocycles. The van der Waals surface area contributed by atoms with Gasteiger partial charge in [-0.1, -0.05) is 0 Å². The first-order chi connectivity index (χ1) is 7.11. The molecule has 0 amide bonds. The molecule has 0 unspecified atom stereocenters. The summed E-state index contributed by atoms with van der Waals surface area (Å²) in [5.74, 6) is 0.440. The molecule has 1 aliphatic rings. The van der Waals surface area contributed by atoms with Crippen molar-refractivity contribution < 1.29 is 29.9 Å². The van der Waals surface area contributed by atoms with Gasteiger partial charge in [0.2, 0.25) is 0 Å². The molecular formula is C8H16O6S. The van der Waals surface area contributed by atoms with Crippen molar-refractivity contribution in [2.24, 2.45) is 0 Å². The van der Waals surface area contributed by atoms with Crippen LogP contribution < -0.4 is 0 Å². The van der Waals surface area contributed by atoms with E-state index in [1.807, 2.05) is 0 Å². The summed E-state index contributed by atoms with van der Waals surface area (Å²) in [7, 11) is 0. The molecule has 15 heavy (non-hydrogen) atoms. The molecule has 0 aromatic rings. The third kappa shape index (κ3) is 3.04. The lowest BCUT2D eigenvalue weighted by Gasteiger charge is -2.39. The molecule has 0 bridgehead atoms. The second kappa shape index (κ2) is 6.00. The van der Waals surface area contributed by atoms with Crippen LogP contribution in [0.1, 0.15) is 0 Å². The highest BCUT2D eigenvalue weighted by Gasteiger charge is 2.43. The van der Waals surface area contributed by atoms with Crippen LogP contribution in [-0.2, 0) is 9.47 Å². The zero-order valence-electron chi connectivity index (χ0n) is 8.06. The Morgan fingerprint density at radius 3 is 2.33 bits per heavy atom. The molecule has 6 nitrogen and oxygen atoms in total. The Hall–Kier alpha value is 0.110. The molecule has 90 valence electrons. The molecule has 1 rings (SSSR count). The fourth-order valence-corrected chi connectivity index (χ4v) is 1.48. The predicted molar refractivity (Wildman–Crippen MR) is 53.6 cm³/mol. The average Bonchev–Trinajstić information content (AvgIpc) is 2.25. The number of hydrogen-bond acceptors (Lipinski definition) is 7. The third-order valence-corrected chi connectivity index (χ3v) is 2.40. The summed E-state index contributed by atoms with van der Waals surface area (Å²) in [4.78, 5) is 0. The van der Waals surface area contributed by atoms with Crippen molar-refractivity contribution >= 4 is 12.6 Å². The van der Waals surface area contributed by atoms with Crippen molar-refractivity contribution in [1.82, 2.24) is 0 Å². The van der Waals surface area contributed by atoms with Crippen LogP contribution in [-0.4, -0.2) is 70.1 Å². The fraction of sp³-hybridized carbons (Fsp3) is 1.00. The molecule has 1 heterocycles. The van der Waals surface area contributed by atoms with Crippen molar-refractivity contribution in [2.75, 3.05) is 19.0 Å². The van der Waals surface area contributed by atoms with E-state index in [0.717, 1.165) is 0 Å². The minimum atomic E-state index is -1.39. The number of hydrogen-bond donors (Lipinski definition) is 5. The van der Waals surface area contributed by atoms with Gasteiger partial charge in [0, 0.05) is 5.75 Å². The topological polar surface area (TPSA) is 99.4 Å². The van der Waals surface area contributed by atoms with Gasteiger partial charge in [0.15, 0.2) is 6.29 Å². The summed E-state index contributed by atoms with van der Waals surface area (Å²) in [5, 5.41) is 37.2. The Balaban J connectivity index is 2.57. The Bertz CT molecular complexity index is 190. The molecule has 5 atom stereocenters. The van der Waals surface area contributed by atoms with Gasteiger partial charge in [-0.25, -0.2) is 0 Å². The van der Waals surface area contributed by atoms with Gasteiger partial charge in [-0.2, -0.15) is 12.6 Å². The Morgan fingerprint density at radius 1 is 1.13 bits per heavy atom. The molecule has 0 aliphatic carbocycles. The lowest BCUT2D eigenvalue weighted by Crippen LogP contribution is -2.59. The molecule has 7 heteroatoms. The van der Waals surface area contributed by atoms with Crippen LogP contribution in [0, 0.1) is 0 Å². The zero-order valence-corrected chi connectivity index (χ0v) is 8.96. The van der Waals surface area contributed by atoms with Gasteiger partial charge in [-0.05, 0) is 0 Å². The smallest absolute Gasteiger partial charge is 0.186 e. The molecule has 0 radical (unpaired) electrons. The largest absolute Gasteiger partial charge is 0.394 e. The van der Waals surface area contributed by atoms with Crippen LogP contribution >= 0.6 is 12.6 Å². The van der Waals surface area contributed by atoms with Crippen LogP contribution in [0.3, 0.4) is 0 Å². The maximum atomic E-state index is 9.48. The summed E-state index contributed by atoms with van der Waals surface area (Å²) in [6, 6.07) is 0. The molecule has 4 N–H and O–H groups in total. The van der Waals surface area contributed by atoms with Gasteiger partial charge in [0.25, 0.3) is 0 Å². The first-order valence-electron chi connectivity index (χ1n) is 4.64. The minimum Gasteiger partial charge on any atom is -0.394 e. The average molecular weight is 240 g/mol. The highest BCUT2D eigenvalue weighted by atomic mass is 32.1. The Labute approximate surface area is 92.8 Å². The first-order valence-corrected chi connectivity index (χ1v) is 5.28. The molecular weight excluding hydrogens is 224 g/mol. The summed E-state index contributed by atoms with van der Waals surface area (Å²) in [6.07, 6.45) is -6.04. The van der Waals surface area contributed by atoms with Gasteiger partial charge in [0.05, 0.1) is 13.2 Å². The Kier molecular flexibility index (Phi) is 5.27. The second-order valence-corrected chi connectivity index (χ2v) is 3.74. The number of thiol groups is 1. The van der Waals surface area contributed by atoms with E-state index in [1.165, 1.54) is 0 Å². The lowest BCUT2D eigenvalue weighted by molar-refractivity contribution is -0.299. The highest BCUT2D eigenvalue weighted by molar-refractivity contribution is 7.80. The van der Waals surface area contributed by atoms with Crippen LogP contribution in [0.2, 0.25) is 0 Å². The third-order valence-electron chi connectivity index (χ3n) is 2.22. The molecule has 1 aliphatic heterocycles. The van der Waals surface area contributed by atoms with Crippen LogP contribution in [0.15, 0.2) is 0 Å². The van der Waals surface area contributed by atoms with Gasteiger partial charge in [-0.15, -0.1) is 0 Å². The van der Waals surface area contributed by atoms with Gasteiger partial charge >= 0.3 is 0 Å². The van der Waals surface area contributed by atoms with E-state index in [1.54, 1.807) is 0 Å². The van der Waals surface area contributed by atoms with Gasteiger partial charge in [-0.3, -0.25) is 0 Å². The standard InChI is InChI=1S/C8H16O6S/c9-3-4-5(10)6(11)7(12)8(14-4)13-1-2-15/h4-12,15H,1-3H2/t4-,5+,6-,7-,8+/m0/s1. The quantitative estimate of drug-likeness (QED) is 0.355. The van der Waals surface area contributed by atoms with E-state index in [4.69, 9.17) is 14.6 Å². The summed E-state index contributed by atoms with van der Waals surface area (Å²) < 4.78 is 10.1. The second-order valence-electron chi connectivity index (χ2n) is 3.29. The summed E-state index contributed by atoms with van der Waals surface area (Å²) in [5.41, 5.74) is 0. The molecule has 0 aromatic heterocycles. The van der Waals surface area contributed by atoms with Crippen molar-refractivity contribution in [3.05, 3.63) is 0 Å². The van der Waals surface area contributed by atoms with E-state index < -0.39 is 37.3 Å². The monoisotopic (exact) mass is 240 g/mol. The SMILES string of the molecule is OC[C@@H]1O[C@@H](OCCS)[C@@H](O)[C@@H](O)[C@@H]1O. The highest BCUT2D eigenvalue weighted by Crippen LogP contribution is 2.21. The maximum Gasteiger partial charge on any atom is 0.186 e.